The van der Waals surface area contributed by atoms with Crippen LogP contribution in [0.1, 0.15) is 43.0 Å². The van der Waals surface area contributed by atoms with Crippen LogP contribution in [0.3, 0.4) is 0 Å². The summed E-state index contributed by atoms with van der Waals surface area (Å²) in [5.74, 6) is 0.394. The van der Waals surface area contributed by atoms with Gasteiger partial charge in [0.05, 0.1) is 6.61 Å². The van der Waals surface area contributed by atoms with E-state index in [1.165, 1.54) is 6.92 Å². The molecule has 6 heteroatoms. The maximum atomic E-state index is 11.5. The molecule has 1 aromatic carbocycles. The molecule has 0 aromatic heterocycles. The van der Waals surface area contributed by atoms with E-state index in [0.717, 1.165) is 12.8 Å². The van der Waals surface area contributed by atoms with Crippen LogP contribution in [0.4, 0.5) is 0 Å². The monoisotopic (exact) mass is 304 g/mol. The van der Waals surface area contributed by atoms with E-state index in [2.05, 4.69) is 10.9 Å². The first-order chi connectivity index (χ1) is 10.6. The molecule has 0 saturated heterocycles. The van der Waals surface area contributed by atoms with Gasteiger partial charge in [0.15, 0.2) is 5.78 Å². The van der Waals surface area contributed by atoms with Gasteiger partial charge in [-0.1, -0.05) is 0 Å². The molecule has 0 heterocycles. The Balaban J connectivity index is 1.58. The fourth-order valence-corrected chi connectivity index (χ4v) is 1.85. The molecule has 1 aliphatic rings. The minimum Gasteiger partial charge on any atom is -0.494 e. The van der Waals surface area contributed by atoms with Gasteiger partial charge in [-0.25, -0.2) is 0 Å². The van der Waals surface area contributed by atoms with Crippen LogP contribution in [0, 0.1) is 5.92 Å². The first kappa shape index (κ1) is 16.0. The van der Waals surface area contributed by atoms with E-state index in [4.69, 9.17) is 4.74 Å². The fourth-order valence-electron chi connectivity index (χ4n) is 1.85. The van der Waals surface area contributed by atoms with E-state index in [-0.39, 0.29) is 29.9 Å². The number of hydrogen-bond donors (Lipinski definition) is 2. The van der Waals surface area contributed by atoms with Gasteiger partial charge in [0.2, 0.25) is 11.8 Å². The van der Waals surface area contributed by atoms with Crippen LogP contribution >= 0.6 is 0 Å². The maximum absolute atomic E-state index is 11.5. The Labute approximate surface area is 129 Å². The Morgan fingerprint density at radius 1 is 1.14 bits per heavy atom. The third-order valence-electron chi connectivity index (χ3n) is 3.35. The highest BCUT2D eigenvalue weighted by molar-refractivity contribution is 5.94. The van der Waals surface area contributed by atoms with Crippen molar-refractivity contribution in [2.75, 3.05) is 6.61 Å². The molecule has 0 radical (unpaired) electrons. The van der Waals surface area contributed by atoms with Crippen molar-refractivity contribution in [3.8, 4) is 5.75 Å². The molecule has 2 rings (SSSR count). The summed E-state index contributed by atoms with van der Waals surface area (Å²) in [6.45, 7) is 1.90. The van der Waals surface area contributed by atoms with Gasteiger partial charge in [0, 0.05) is 17.9 Å². The van der Waals surface area contributed by atoms with Gasteiger partial charge in [0.1, 0.15) is 5.75 Å². The van der Waals surface area contributed by atoms with Crippen molar-refractivity contribution in [2.45, 2.75) is 32.6 Å². The molecule has 1 fully saturated rings. The molecule has 1 aromatic rings. The Morgan fingerprint density at radius 3 is 2.41 bits per heavy atom. The Morgan fingerprint density at radius 2 is 1.82 bits per heavy atom. The SMILES string of the molecule is CC(=O)c1ccc(OCCCC(=O)NNC(=O)C2CC2)cc1. The Kier molecular flexibility index (Phi) is 5.52. The zero-order valence-corrected chi connectivity index (χ0v) is 12.6. The highest BCUT2D eigenvalue weighted by Gasteiger charge is 2.29. The van der Waals surface area contributed by atoms with E-state index in [9.17, 15) is 14.4 Å². The zero-order valence-electron chi connectivity index (χ0n) is 12.6. The summed E-state index contributed by atoms with van der Waals surface area (Å²) in [4.78, 5) is 34.0. The average molecular weight is 304 g/mol. The highest BCUT2D eigenvalue weighted by Crippen LogP contribution is 2.28. The summed E-state index contributed by atoms with van der Waals surface area (Å²) in [6, 6.07) is 6.87. The first-order valence-electron chi connectivity index (χ1n) is 7.39. The zero-order chi connectivity index (χ0) is 15.9. The van der Waals surface area contributed by atoms with Crippen molar-refractivity contribution in [1.82, 2.24) is 10.9 Å². The fraction of sp³-hybridized carbons (Fsp3) is 0.438. The number of carbonyl (C=O) groups is 3. The largest absolute Gasteiger partial charge is 0.494 e. The van der Waals surface area contributed by atoms with Gasteiger partial charge in [-0.15, -0.1) is 0 Å². The molecule has 0 aliphatic heterocycles. The van der Waals surface area contributed by atoms with Crippen LogP contribution in [0.15, 0.2) is 24.3 Å². The summed E-state index contributed by atoms with van der Waals surface area (Å²) in [6.07, 6.45) is 2.62. The first-order valence-corrected chi connectivity index (χ1v) is 7.39. The smallest absolute Gasteiger partial charge is 0.241 e. The van der Waals surface area contributed by atoms with Crippen LogP contribution in [-0.2, 0) is 9.59 Å². The van der Waals surface area contributed by atoms with E-state index in [1.807, 2.05) is 0 Å². The number of ketones is 1. The van der Waals surface area contributed by atoms with Crippen LogP contribution in [0.5, 0.6) is 5.75 Å². The molecular formula is C16H20N2O4. The molecule has 6 nitrogen and oxygen atoms in total. The minimum absolute atomic E-state index is 0.0106. The second kappa shape index (κ2) is 7.59. The van der Waals surface area contributed by atoms with Crippen molar-refractivity contribution in [2.24, 2.45) is 5.92 Å². The highest BCUT2D eigenvalue weighted by atomic mass is 16.5. The Bertz CT molecular complexity index is 550. The number of amides is 2. The third kappa shape index (κ3) is 5.20. The average Bonchev–Trinajstić information content (AvgIpc) is 3.34. The van der Waals surface area contributed by atoms with E-state index < -0.39 is 0 Å². The van der Waals surface area contributed by atoms with Crippen LogP contribution in [0.2, 0.25) is 0 Å². The van der Waals surface area contributed by atoms with Crippen molar-refractivity contribution >= 4 is 17.6 Å². The molecule has 1 aliphatic carbocycles. The number of benzene rings is 1. The number of nitrogens with one attached hydrogen (secondary N) is 2. The number of rotatable bonds is 7. The van der Waals surface area contributed by atoms with Crippen LogP contribution in [-0.4, -0.2) is 24.2 Å². The van der Waals surface area contributed by atoms with Crippen LogP contribution < -0.4 is 15.6 Å². The molecular weight excluding hydrogens is 284 g/mol. The topological polar surface area (TPSA) is 84.5 Å². The molecule has 1 saturated carbocycles. The summed E-state index contributed by atoms with van der Waals surface area (Å²) >= 11 is 0. The number of hydrazine groups is 1. The summed E-state index contributed by atoms with van der Waals surface area (Å²) in [5, 5.41) is 0. The second-order valence-electron chi connectivity index (χ2n) is 5.34. The third-order valence-corrected chi connectivity index (χ3v) is 3.35. The van der Waals surface area contributed by atoms with E-state index in [0.29, 0.717) is 24.3 Å². The molecule has 0 atom stereocenters. The van der Waals surface area contributed by atoms with Crippen molar-refractivity contribution < 1.29 is 19.1 Å². The van der Waals surface area contributed by atoms with Gasteiger partial charge in [-0.3, -0.25) is 25.2 Å². The lowest BCUT2D eigenvalue weighted by molar-refractivity contribution is -0.129. The molecule has 2 amide bonds. The quantitative estimate of drug-likeness (QED) is 0.455. The van der Waals surface area contributed by atoms with Crippen molar-refractivity contribution in [1.29, 1.82) is 0 Å². The number of hydrogen-bond acceptors (Lipinski definition) is 4. The lowest BCUT2D eigenvalue weighted by Crippen LogP contribution is -2.42. The summed E-state index contributed by atoms with van der Waals surface area (Å²) in [5.41, 5.74) is 5.44. The number of Topliss-reactive ketones (excluding diaryl/α,β-unsaturated/α-hetero) is 1. The summed E-state index contributed by atoms with van der Waals surface area (Å²) in [7, 11) is 0. The minimum atomic E-state index is -0.232. The molecule has 2 N–H and O–H groups in total. The lowest BCUT2D eigenvalue weighted by Gasteiger charge is -2.08. The van der Waals surface area contributed by atoms with Gasteiger partial charge in [-0.2, -0.15) is 0 Å². The van der Waals surface area contributed by atoms with Crippen molar-refractivity contribution in [3.05, 3.63) is 29.8 Å². The van der Waals surface area contributed by atoms with E-state index in [1.54, 1.807) is 24.3 Å². The molecule has 118 valence electrons. The van der Waals surface area contributed by atoms with Gasteiger partial charge >= 0.3 is 0 Å². The number of carbonyl (C=O) groups excluding carboxylic acids is 3. The molecule has 0 spiro atoms. The number of ether oxygens (including phenoxy) is 1. The molecule has 0 unspecified atom stereocenters. The van der Waals surface area contributed by atoms with Gasteiger partial charge in [-0.05, 0) is 50.5 Å². The van der Waals surface area contributed by atoms with Crippen LogP contribution in [0.25, 0.3) is 0 Å². The normalized spacial score (nSPS) is 13.3. The summed E-state index contributed by atoms with van der Waals surface area (Å²) < 4.78 is 5.49. The predicted molar refractivity (Wildman–Crippen MR) is 80.2 cm³/mol. The van der Waals surface area contributed by atoms with Gasteiger partial charge in [0.25, 0.3) is 0 Å². The lowest BCUT2D eigenvalue weighted by atomic mass is 10.1. The van der Waals surface area contributed by atoms with Crippen molar-refractivity contribution in [3.63, 3.8) is 0 Å². The molecule has 0 bridgehead atoms. The van der Waals surface area contributed by atoms with E-state index >= 15 is 0 Å². The predicted octanol–water partition coefficient (Wildman–Crippen LogP) is 1.61. The molecule has 22 heavy (non-hydrogen) atoms. The standard InChI is InChI=1S/C16H20N2O4/c1-11(19)12-6-8-14(9-7-12)22-10-2-3-15(20)17-18-16(21)13-4-5-13/h6-9,13H,2-5,10H2,1H3,(H,17,20)(H,18,21). The Hall–Kier alpha value is -2.37. The maximum Gasteiger partial charge on any atom is 0.241 e. The van der Waals surface area contributed by atoms with Gasteiger partial charge < -0.3 is 4.74 Å². The second-order valence-corrected chi connectivity index (χ2v) is 5.34.